The van der Waals surface area contributed by atoms with Crippen LogP contribution in [-0.2, 0) is 0 Å². The van der Waals surface area contributed by atoms with Gasteiger partial charge in [-0.3, -0.25) is 0 Å². The van der Waals surface area contributed by atoms with Crippen molar-refractivity contribution < 1.29 is 0 Å². The van der Waals surface area contributed by atoms with Gasteiger partial charge in [-0.2, -0.15) is 23.2 Å². The molecule has 40 valence electrons. The summed E-state index contributed by atoms with van der Waals surface area (Å²) < 4.78 is 0. The molecule has 1 heterocycles. The fourth-order valence-corrected chi connectivity index (χ4v) is 1.94. The molecule has 1 rings (SSSR count). The third kappa shape index (κ3) is 1.40. The first-order chi connectivity index (χ1) is 3.93. The van der Waals surface area contributed by atoms with Crippen LogP contribution in [0.15, 0.2) is 15.8 Å². The molecule has 1 aliphatic heterocycles. The Balaban J connectivity index is 2.40. The van der Waals surface area contributed by atoms with Crippen LogP contribution < -0.4 is 0 Å². The van der Waals surface area contributed by atoms with Gasteiger partial charge in [-0.15, -0.1) is 5.03 Å². The van der Waals surface area contributed by atoms with Crippen molar-refractivity contribution >= 4 is 28.6 Å². The van der Waals surface area contributed by atoms with Crippen LogP contribution in [-0.4, -0.2) is 5.40 Å². The lowest BCUT2D eigenvalue weighted by Crippen LogP contribution is -1.87. The van der Waals surface area contributed by atoms with Gasteiger partial charge in [-0.05, 0) is 21.3 Å². The molecule has 0 aliphatic carbocycles. The Morgan fingerprint density at radius 1 is 1.50 bits per heavy atom. The van der Waals surface area contributed by atoms with Gasteiger partial charge >= 0.3 is 5.40 Å². The number of nitrogens with zero attached hydrogens (tertiary/aromatic N) is 3. The summed E-state index contributed by atoms with van der Waals surface area (Å²) in [6.07, 6.45) is 0. The van der Waals surface area contributed by atoms with Gasteiger partial charge in [0.1, 0.15) is 0 Å². The van der Waals surface area contributed by atoms with E-state index in [1.165, 1.54) is 23.2 Å². The molecule has 0 atom stereocenters. The van der Waals surface area contributed by atoms with Gasteiger partial charge in [0.2, 0.25) is 0 Å². The fourth-order valence-electron chi connectivity index (χ4n) is 0.327. The molecule has 0 saturated carbocycles. The maximum absolute atomic E-state index is 7.93. The Morgan fingerprint density at radius 3 is 2.62 bits per heavy atom. The first-order valence-corrected chi connectivity index (χ1v) is 3.82. The minimum Gasteiger partial charge on any atom is -0.162 e. The van der Waals surface area contributed by atoms with Gasteiger partial charge in [0.05, 0.1) is 0 Å². The van der Waals surface area contributed by atoms with Crippen molar-refractivity contribution in [3.63, 3.8) is 0 Å². The van der Waals surface area contributed by atoms with Crippen molar-refractivity contribution in [3.8, 4) is 0 Å². The monoisotopic (exact) mass is 143 g/mol. The summed E-state index contributed by atoms with van der Waals surface area (Å²) in [4.78, 5) is 2.66. The van der Waals surface area contributed by atoms with Gasteiger partial charge in [-0.25, -0.2) is 0 Å². The highest BCUT2D eigenvalue weighted by molar-refractivity contribution is 8.58. The maximum atomic E-state index is 7.93. The highest BCUT2D eigenvalue weighted by Crippen LogP contribution is 2.29. The minimum absolute atomic E-state index is 0.0417. The number of azide groups is 1. The molecule has 0 bridgehead atoms. The first-order valence-electron chi connectivity index (χ1n) is 1.93. The molecule has 0 aromatic carbocycles. The molecule has 0 unspecified atom stereocenters. The van der Waals surface area contributed by atoms with Crippen LogP contribution in [0.25, 0.3) is 10.4 Å². The zero-order chi connectivity index (χ0) is 5.82. The van der Waals surface area contributed by atoms with Crippen LogP contribution in [0.2, 0.25) is 0 Å². The van der Waals surface area contributed by atoms with Gasteiger partial charge in [0.25, 0.3) is 0 Å². The Kier molecular flexibility index (Phi) is 2.20. The van der Waals surface area contributed by atoms with Crippen molar-refractivity contribution in [2.45, 2.75) is 0 Å². The Morgan fingerprint density at radius 2 is 2.12 bits per heavy atom. The van der Waals surface area contributed by atoms with Crippen LogP contribution in [0, 0.1) is 0 Å². The van der Waals surface area contributed by atoms with Crippen molar-refractivity contribution in [1.82, 2.24) is 0 Å². The van der Waals surface area contributed by atoms with E-state index in [4.69, 9.17) is 5.53 Å². The van der Waals surface area contributed by atoms with Crippen LogP contribution in [0.1, 0.15) is 0 Å². The minimum atomic E-state index is 0.0417. The summed E-state index contributed by atoms with van der Waals surface area (Å²) >= 11 is 3.06. The molecule has 0 fully saturated rings. The summed E-state index contributed by atoms with van der Waals surface area (Å²) in [5.74, 6) is 0. The van der Waals surface area contributed by atoms with Crippen molar-refractivity contribution in [2.24, 2.45) is 5.03 Å². The van der Waals surface area contributed by atoms with Gasteiger partial charge in [0.15, 0.2) is 0 Å². The normalized spacial score (nSPS) is 16.2. The average Bonchev–Trinajstić information content (AvgIpc) is 2.19. The molecule has 0 saturated heterocycles. The van der Waals surface area contributed by atoms with E-state index in [1.807, 2.05) is 10.8 Å². The maximum Gasteiger partial charge on any atom is 0.381 e. The Bertz CT molecular complexity index is 143. The van der Waals surface area contributed by atoms with E-state index >= 15 is 0 Å². The summed E-state index contributed by atoms with van der Waals surface area (Å²) in [6.45, 7) is 0. The Labute approximate surface area is 55.4 Å². The average molecular weight is 143 g/mol. The molecule has 0 amide bonds. The van der Waals surface area contributed by atoms with Crippen molar-refractivity contribution in [3.05, 3.63) is 21.3 Å². The summed E-state index contributed by atoms with van der Waals surface area (Å²) in [6, 6.07) is 0. The topological polar surface area (TPSA) is 48.8 Å². The highest BCUT2D eigenvalue weighted by atomic mass is 32.2. The third-order valence-corrected chi connectivity index (χ3v) is 2.67. The van der Waals surface area contributed by atoms with Gasteiger partial charge in [-0.1, -0.05) is 0 Å². The number of hydrogen-bond acceptors (Lipinski definition) is 3. The van der Waals surface area contributed by atoms with Gasteiger partial charge in [0, 0.05) is 0 Å². The van der Waals surface area contributed by atoms with Crippen LogP contribution in [0.3, 0.4) is 0 Å². The Hall–Kier alpha value is -0.185. The summed E-state index contributed by atoms with van der Waals surface area (Å²) in [5.41, 5.74) is 7.93. The molecule has 0 aromatic rings. The summed E-state index contributed by atoms with van der Waals surface area (Å²) in [5, 5.41) is 7.35. The highest BCUT2D eigenvalue weighted by Gasteiger charge is 2.13. The molecule has 0 radical (unpaired) electrons. The zero-order valence-electron chi connectivity index (χ0n) is 3.89. The van der Waals surface area contributed by atoms with Gasteiger partial charge < -0.3 is 0 Å². The lowest BCUT2D eigenvalue weighted by Gasteiger charge is -1.86. The SMILES string of the molecule is [N-]=[N+]=NB1SC=CS1. The third-order valence-electron chi connectivity index (χ3n) is 0.591. The molecule has 1 aliphatic rings. The van der Waals surface area contributed by atoms with Crippen molar-refractivity contribution in [1.29, 1.82) is 0 Å². The summed E-state index contributed by atoms with van der Waals surface area (Å²) in [7, 11) is 0. The molecule has 8 heavy (non-hydrogen) atoms. The quantitative estimate of drug-likeness (QED) is 0.244. The van der Waals surface area contributed by atoms with E-state index in [-0.39, 0.29) is 5.40 Å². The van der Waals surface area contributed by atoms with E-state index in [1.54, 1.807) is 0 Å². The van der Waals surface area contributed by atoms with E-state index in [0.717, 1.165) is 0 Å². The molecular formula is C2H2BN3S2. The lowest BCUT2D eigenvalue weighted by molar-refractivity contribution is 1.76. The fraction of sp³-hybridized carbons (Fsp3) is 0. The van der Waals surface area contributed by atoms with Crippen LogP contribution in [0.5, 0.6) is 0 Å². The largest absolute Gasteiger partial charge is 0.381 e. The second-order valence-corrected chi connectivity index (χ2v) is 3.34. The molecule has 3 nitrogen and oxygen atoms in total. The molecule has 0 aromatic heterocycles. The van der Waals surface area contributed by atoms with E-state index < -0.39 is 0 Å². The van der Waals surface area contributed by atoms with Crippen molar-refractivity contribution in [2.75, 3.05) is 0 Å². The van der Waals surface area contributed by atoms with E-state index in [2.05, 4.69) is 9.94 Å². The van der Waals surface area contributed by atoms with E-state index in [9.17, 15) is 0 Å². The standard InChI is InChI=1S/C2H2BN3S2/c4-6-5-3-7-1-2-8-3/h1-2H. The smallest absolute Gasteiger partial charge is 0.162 e. The number of hydrogen-bond donors (Lipinski definition) is 0. The zero-order valence-corrected chi connectivity index (χ0v) is 5.52. The predicted octanol–water partition coefficient (Wildman–Crippen LogP) is 2.23. The molecular weight excluding hydrogens is 141 g/mol. The molecule has 0 N–H and O–H groups in total. The second kappa shape index (κ2) is 2.97. The first kappa shape index (κ1) is 5.94. The van der Waals surface area contributed by atoms with Crippen LogP contribution in [0.4, 0.5) is 0 Å². The number of rotatable bonds is 1. The molecule has 0 spiro atoms. The predicted molar refractivity (Wildman–Crippen MR) is 39.2 cm³/mol. The van der Waals surface area contributed by atoms with E-state index in [0.29, 0.717) is 0 Å². The second-order valence-electron chi connectivity index (χ2n) is 1.06. The molecule has 6 heteroatoms. The lowest BCUT2D eigenvalue weighted by atomic mass is 10.4. The van der Waals surface area contributed by atoms with Crippen LogP contribution >= 0.6 is 23.2 Å².